The van der Waals surface area contributed by atoms with E-state index in [2.05, 4.69) is 26.7 Å². The van der Waals surface area contributed by atoms with Crippen LogP contribution in [-0.4, -0.2) is 19.5 Å². The normalized spacial score (nSPS) is 13.5. The van der Waals surface area contributed by atoms with Crippen molar-refractivity contribution < 1.29 is 0 Å². The summed E-state index contributed by atoms with van der Waals surface area (Å²) in [7, 11) is 0. The van der Waals surface area contributed by atoms with Crippen LogP contribution < -0.4 is 5.73 Å². The summed E-state index contributed by atoms with van der Waals surface area (Å²) in [4.78, 5) is 9.39. The second-order valence-electron chi connectivity index (χ2n) is 5.23. The van der Waals surface area contributed by atoms with Gasteiger partial charge in [0, 0.05) is 17.8 Å². The molecule has 104 valence electrons. The molecule has 4 rings (SSSR count). The van der Waals surface area contributed by atoms with Crippen molar-refractivity contribution in [3.05, 3.63) is 47.9 Å². The first-order chi connectivity index (χ1) is 10.3. The predicted octanol–water partition coefficient (Wildman–Crippen LogP) is 2.68. The first-order valence-electron chi connectivity index (χ1n) is 6.98. The van der Waals surface area contributed by atoms with Crippen molar-refractivity contribution in [2.24, 2.45) is 5.73 Å². The fourth-order valence-corrected chi connectivity index (χ4v) is 3.42. The minimum Gasteiger partial charge on any atom is -0.389 e. The molecule has 21 heavy (non-hydrogen) atoms. The van der Waals surface area contributed by atoms with E-state index in [1.165, 1.54) is 5.69 Å². The van der Waals surface area contributed by atoms with Gasteiger partial charge in [0.05, 0.1) is 16.8 Å². The Morgan fingerprint density at radius 2 is 2.00 bits per heavy atom. The maximum atomic E-state index is 5.94. The van der Waals surface area contributed by atoms with Crippen LogP contribution >= 0.6 is 12.2 Å². The van der Waals surface area contributed by atoms with Crippen molar-refractivity contribution >= 4 is 28.2 Å². The zero-order valence-corrected chi connectivity index (χ0v) is 12.2. The summed E-state index contributed by atoms with van der Waals surface area (Å²) >= 11 is 5.25. The molecule has 0 saturated carbocycles. The lowest BCUT2D eigenvalue weighted by Crippen LogP contribution is -2.11. The van der Waals surface area contributed by atoms with E-state index in [1.54, 1.807) is 6.33 Å². The molecular formula is C16H14N4S. The quantitative estimate of drug-likeness (QED) is 0.738. The van der Waals surface area contributed by atoms with Crippen LogP contribution in [0.5, 0.6) is 0 Å². The third-order valence-electron chi connectivity index (χ3n) is 4.03. The summed E-state index contributed by atoms with van der Waals surface area (Å²) in [5.74, 6) is 0. The summed E-state index contributed by atoms with van der Waals surface area (Å²) in [5, 5.41) is 0. The maximum Gasteiger partial charge on any atom is 0.116 e. The number of fused-ring (bicyclic) bond motifs is 3. The van der Waals surface area contributed by atoms with Crippen LogP contribution in [0, 0.1) is 0 Å². The number of hydrogen-bond acceptors (Lipinski definition) is 3. The SMILES string of the molecule is NC(=S)c1c2n(c3c(-c4ccccc4)ncnc13)CCC2. The monoisotopic (exact) mass is 294 g/mol. The highest BCUT2D eigenvalue weighted by Gasteiger charge is 2.26. The molecular weight excluding hydrogens is 280 g/mol. The third-order valence-corrected chi connectivity index (χ3v) is 4.24. The standard InChI is InChI=1S/C16H14N4S/c17-16(21)12-11-7-4-8-20(11)15-13(18-9-19-14(12)15)10-5-2-1-3-6-10/h1-3,5-6,9H,4,7-8H2,(H2,17,21). The van der Waals surface area contributed by atoms with E-state index in [0.717, 1.165) is 47.2 Å². The summed E-state index contributed by atoms with van der Waals surface area (Å²) in [5.41, 5.74) is 12.1. The smallest absolute Gasteiger partial charge is 0.116 e. The second-order valence-corrected chi connectivity index (χ2v) is 5.67. The van der Waals surface area contributed by atoms with Crippen LogP contribution in [0.15, 0.2) is 36.7 Å². The molecule has 5 heteroatoms. The minimum absolute atomic E-state index is 0.424. The molecule has 2 aromatic heterocycles. The van der Waals surface area contributed by atoms with Gasteiger partial charge in [-0.15, -0.1) is 0 Å². The third kappa shape index (κ3) is 1.77. The Balaban J connectivity index is 2.11. The zero-order chi connectivity index (χ0) is 14.4. The molecule has 0 saturated heterocycles. The van der Waals surface area contributed by atoms with Gasteiger partial charge >= 0.3 is 0 Å². The summed E-state index contributed by atoms with van der Waals surface area (Å²) in [6.45, 7) is 0.974. The predicted molar refractivity (Wildman–Crippen MR) is 87.2 cm³/mol. The van der Waals surface area contributed by atoms with Crippen LogP contribution in [-0.2, 0) is 13.0 Å². The van der Waals surface area contributed by atoms with E-state index in [1.807, 2.05) is 18.2 Å². The first-order valence-corrected chi connectivity index (χ1v) is 7.39. The highest BCUT2D eigenvalue weighted by Crippen LogP contribution is 2.34. The van der Waals surface area contributed by atoms with Gasteiger partial charge in [0.1, 0.15) is 16.8 Å². The fourth-order valence-electron chi connectivity index (χ4n) is 3.20. The van der Waals surface area contributed by atoms with Crippen LogP contribution in [0.2, 0.25) is 0 Å². The molecule has 1 aliphatic heterocycles. The molecule has 1 aliphatic rings. The molecule has 0 atom stereocenters. The topological polar surface area (TPSA) is 56.7 Å². The molecule has 4 nitrogen and oxygen atoms in total. The molecule has 0 unspecified atom stereocenters. The summed E-state index contributed by atoms with van der Waals surface area (Å²) < 4.78 is 2.28. The van der Waals surface area contributed by atoms with Crippen LogP contribution in [0.3, 0.4) is 0 Å². The van der Waals surface area contributed by atoms with Gasteiger partial charge in [0.25, 0.3) is 0 Å². The van der Waals surface area contributed by atoms with Gasteiger partial charge in [-0.2, -0.15) is 0 Å². The number of nitrogens with zero attached hydrogens (tertiary/aromatic N) is 3. The molecule has 0 amide bonds. The van der Waals surface area contributed by atoms with Gasteiger partial charge in [-0.1, -0.05) is 42.5 Å². The van der Waals surface area contributed by atoms with Crippen molar-refractivity contribution in [1.29, 1.82) is 0 Å². The summed E-state index contributed by atoms with van der Waals surface area (Å²) in [6.07, 6.45) is 3.71. The van der Waals surface area contributed by atoms with Gasteiger partial charge < -0.3 is 10.3 Å². The van der Waals surface area contributed by atoms with Crippen LogP contribution in [0.4, 0.5) is 0 Å². The largest absolute Gasteiger partial charge is 0.389 e. The number of rotatable bonds is 2. The lowest BCUT2D eigenvalue weighted by atomic mass is 10.1. The Morgan fingerprint density at radius 1 is 1.19 bits per heavy atom. The molecule has 0 radical (unpaired) electrons. The number of nitrogens with two attached hydrogens (primary N) is 1. The van der Waals surface area contributed by atoms with Crippen molar-refractivity contribution in [1.82, 2.24) is 14.5 Å². The van der Waals surface area contributed by atoms with Gasteiger partial charge in [-0.05, 0) is 12.8 Å². The van der Waals surface area contributed by atoms with Gasteiger partial charge in [0.2, 0.25) is 0 Å². The molecule has 2 N–H and O–H groups in total. The number of aryl methyl sites for hydroxylation is 1. The Kier molecular flexibility index (Phi) is 2.75. The van der Waals surface area contributed by atoms with Gasteiger partial charge in [0.15, 0.2) is 0 Å². The van der Waals surface area contributed by atoms with Crippen LogP contribution in [0.1, 0.15) is 17.7 Å². The Bertz CT molecular complexity index is 852. The average molecular weight is 294 g/mol. The molecule has 1 aromatic carbocycles. The lowest BCUT2D eigenvalue weighted by Gasteiger charge is -2.06. The van der Waals surface area contributed by atoms with Crippen LogP contribution in [0.25, 0.3) is 22.3 Å². The number of benzene rings is 1. The van der Waals surface area contributed by atoms with E-state index >= 15 is 0 Å². The van der Waals surface area contributed by atoms with Gasteiger partial charge in [-0.3, -0.25) is 0 Å². The van der Waals surface area contributed by atoms with Gasteiger partial charge in [-0.25, -0.2) is 9.97 Å². The minimum atomic E-state index is 0.424. The Morgan fingerprint density at radius 3 is 2.76 bits per heavy atom. The Hall–Kier alpha value is -2.27. The van der Waals surface area contributed by atoms with Crippen molar-refractivity contribution in [2.75, 3.05) is 0 Å². The molecule has 0 aliphatic carbocycles. The highest BCUT2D eigenvalue weighted by molar-refractivity contribution is 7.80. The molecule has 3 aromatic rings. The van der Waals surface area contributed by atoms with E-state index < -0.39 is 0 Å². The number of thiocarbonyl (C=S) groups is 1. The average Bonchev–Trinajstić information content (AvgIpc) is 3.07. The number of hydrogen-bond donors (Lipinski definition) is 1. The second kappa shape index (κ2) is 4.63. The summed E-state index contributed by atoms with van der Waals surface area (Å²) in [6, 6.07) is 10.2. The molecule has 0 spiro atoms. The van der Waals surface area contributed by atoms with Crippen molar-refractivity contribution in [3.63, 3.8) is 0 Å². The molecule has 3 heterocycles. The zero-order valence-electron chi connectivity index (χ0n) is 11.4. The Labute approximate surface area is 127 Å². The lowest BCUT2D eigenvalue weighted by molar-refractivity contribution is 0.771. The highest BCUT2D eigenvalue weighted by atomic mass is 32.1. The fraction of sp³-hybridized carbons (Fsp3) is 0.188. The van der Waals surface area contributed by atoms with E-state index in [9.17, 15) is 0 Å². The van der Waals surface area contributed by atoms with E-state index in [-0.39, 0.29) is 0 Å². The van der Waals surface area contributed by atoms with Crippen molar-refractivity contribution in [3.8, 4) is 11.3 Å². The molecule has 0 fully saturated rings. The van der Waals surface area contributed by atoms with E-state index in [0.29, 0.717) is 4.99 Å². The first kappa shape index (κ1) is 12.5. The van der Waals surface area contributed by atoms with E-state index in [4.69, 9.17) is 18.0 Å². The number of aromatic nitrogens is 3. The van der Waals surface area contributed by atoms with Crippen molar-refractivity contribution in [2.45, 2.75) is 19.4 Å². The molecule has 0 bridgehead atoms. The maximum absolute atomic E-state index is 5.94.